The summed E-state index contributed by atoms with van der Waals surface area (Å²) in [5.74, 6) is 0. The largest absolute Gasteiger partial charge is 0.269 e. The fraction of sp³-hybridized carbons (Fsp3) is 0.280. The highest BCUT2D eigenvalue weighted by Crippen LogP contribution is 2.43. The van der Waals surface area contributed by atoms with Crippen LogP contribution in [0.25, 0.3) is 22.2 Å². The van der Waals surface area contributed by atoms with Gasteiger partial charge in [-0.25, -0.2) is 27.0 Å². The van der Waals surface area contributed by atoms with Crippen molar-refractivity contribution in [3.63, 3.8) is 0 Å². The molecule has 176 valence electrons. The summed E-state index contributed by atoms with van der Waals surface area (Å²) in [6, 6.07) is 12.4. The van der Waals surface area contributed by atoms with Crippen molar-refractivity contribution in [2.45, 2.75) is 50.7 Å². The molecular weight excluding hydrogens is 452 g/mol. The van der Waals surface area contributed by atoms with Crippen molar-refractivity contribution in [3.05, 3.63) is 72.8 Å². The van der Waals surface area contributed by atoms with Gasteiger partial charge in [0, 0.05) is 35.1 Å². The van der Waals surface area contributed by atoms with E-state index in [9.17, 15) is 8.42 Å². The molecular formula is C25H26N4O4S. The van der Waals surface area contributed by atoms with Gasteiger partial charge in [-0.15, -0.1) is 5.23 Å². The predicted octanol–water partition coefficient (Wildman–Crippen LogP) is 4.88. The molecule has 9 heteroatoms. The number of pyridine rings is 2. The van der Waals surface area contributed by atoms with Crippen molar-refractivity contribution < 1.29 is 18.1 Å². The Balaban J connectivity index is 1.72. The third-order valence-corrected chi connectivity index (χ3v) is 8.10. The van der Waals surface area contributed by atoms with Gasteiger partial charge in [0.25, 0.3) is 10.0 Å². The van der Waals surface area contributed by atoms with Gasteiger partial charge in [-0.1, -0.05) is 23.8 Å². The van der Waals surface area contributed by atoms with Gasteiger partial charge < -0.3 is 0 Å². The first-order valence-corrected chi connectivity index (χ1v) is 12.4. The molecule has 0 amide bonds. The summed E-state index contributed by atoms with van der Waals surface area (Å²) in [6.45, 7) is 9.61. The third kappa shape index (κ3) is 3.56. The van der Waals surface area contributed by atoms with E-state index in [-0.39, 0.29) is 10.5 Å². The van der Waals surface area contributed by atoms with Crippen molar-refractivity contribution in [1.29, 1.82) is 0 Å². The van der Waals surface area contributed by atoms with Gasteiger partial charge in [-0.05, 0) is 58.9 Å². The van der Waals surface area contributed by atoms with E-state index in [1.807, 2.05) is 52.8 Å². The van der Waals surface area contributed by atoms with Crippen LogP contribution in [0, 0.1) is 6.92 Å². The summed E-state index contributed by atoms with van der Waals surface area (Å²) in [5.41, 5.74) is 2.06. The Bertz CT molecular complexity index is 1460. The Morgan fingerprint density at radius 3 is 2.21 bits per heavy atom. The van der Waals surface area contributed by atoms with Gasteiger partial charge in [0.1, 0.15) is 16.9 Å². The number of nitrogens with zero attached hydrogens (tertiary/aromatic N) is 4. The monoisotopic (exact) mass is 478 g/mol. The van der Waals surface area contributed by atoms with E-state index in [0.717, 1.165) is 16.7 Å². The lowest BCUT2D eigenvalue weighted by Crippen LogP contribution is -2.41. The van der Waals surface area contributed by atoms with Gasteiger partial charge in [-0.3, -0.25) is 4.98 Å². The van der Waals surface area contributed by atoms with Gasteiger partial charge in [-0.2, -0.15) is 0 Å². The molecule has 8 nitrogen and oxygen atoms in total. The van der Waals surface area contributed by atoms with Crippen LogP contribution in [0.2, 0.25) is 0 Å². The number of benzene rings is 1. The Labute approximate surface area is 198 Å². The smallest absolute Gasteiger partial charge is 0.264 e. The van der Waals surface area contributed by atoms with Crippen LogP contribution >= 0.6 is 0 Å². The van der Waals surface area contributed by atoms with Crippen molar-refractivity contribution in [1.82, 2.24) is 13.9 Å². The first-order valence-electron chi connectivity index (χ1n) is 10.9. The molecule has 1 fully saturated rings. The fourth-order valence-corrected chi connectivity index (χ4v) is 4.98. The van der Waals surface area contributed by atoms with Crippen LogP contribution in [0.15, 0.2) is 72.1 Å². The SMILES string of the molecule is Cc1ccc(S(=O)(=O)n2cc(N3OC(C)(C)C(C)(C)O3)c3cc(-c4cccnc4)cnc32)cc1. The molecule has 0 unspecified atom stereocenters. The van der Waals surface area contributed by atoms with Crippen LogP contribution in [0.1, 0.15) is 33.3 Å². The summed E-state index contributed by atoms with van der Waals surface area (Å²) in [5, 5.41) is 1.88. The van der Waals surface area contributed by atoms with Crippen LogP contribution in [0.5, 0.6) is 0 Å². The maximum atomic E-state index is 13.6. The minimum absolute atomic E-state index is 0.170. The molecule has 4 heterocycles. The zero-order valence-corrected chi connectivity index (χ0v) is 20.5. The quantitative estimate of drug-likeness (QED) is 0.413. The second kappa shape index (κ2) is 7.63. The third-order valence-electron chi connectivity index (χ3n) is 6.43. The van der Waals surface area contributed by atoms with E-state index in [1.54, 1.807) is 42.9 Å². The topological polar surface area (TPSA) is 86.6 Å². The lowest BCUT2D eigenvalue weighted by atomic mass is 9.90. The van der Waals surface area contributed by atoms with E-state index in [1.165, 1.54) is 15.4 Å². The fourth-order valence-electron chi connectivity index (χ4n) is 3.66. The molecule has 0 spiro atoms. The van der Waals surface area contributed by atoms with E-state index in [0.29, 0.717) is 11.1 Å². The highest BCUT2D eigenvalue weighted by atomic mass is 32.2. The Kier molecular flexibility index (Phi) is 5.05. The van der Waals surface area contributed by atoms with Crippen molar-refractivity contribution in [2.75, 3.05) is 5.23 Å². The Hall–Kier alpha value is -3.27. The van der Waals surface area contributed by atoms with E-state index < -0.39 is 21.2 Å². The van der Waals surface area contributed by atoms with Gasteiger partial charge >= 0.3 is 0 Å². The summed E-state index contributed by atoms with van der Waals surface area (Å²) in [4.78, 5) is 21.1. The molecule has 0 bridgehead atoms. The maximum Gasteiger partial charge on any atom is 0.269 e. The second-order valence-electron chi connectivity index (χ2n) is 9.43. The van der Waals surface area contributed by atoms with Crippen LogP contribution in [-0.2, 0) is 19.7 Å². The molecule has 0 aliphatic carbocycles. The molecule has 4 aromatic rings. The lowest BCUT2D eigenvalue weighted by Gasteiger charge is -2.26. The molecule has 0 atom stereocenters. The number of hydrogen-bond acceptors (Lipinski definition) is 7. The number of aromatic nitrogens is 3. The summed E-state index contributed by atoms with van der Waals surface area (Å²) in [7, 11) is -3.92. The number of fused-ring (bicyclic) bond motifs is 1. The van der Waals surface area contributed by atoms with Crippen molar-refractivity contribution in [3.8, 4) is 11.1 Å². The summed E-state index contributed by atoms with van der Waals surface area (Å²) >= 11 is 0. The molecule has 1 aliphatic heterocycles. The van der Waals surface area contributed by atoms with Crippen molar-refractivity contribution in [2.24, 2.45) is 0 Å². The molecule has 5 rings (SSSR count). The summed E-state index contributed by atoms with van der Waals surface area (Å²) < 4.78 is 28.4. The van der Waals surface area contributed by atoms with Gasteiger partial charge in [0.2, 0.25) is 0 Å². The van der Waals surface area contributed by atoms with Gasteiger partial charge in [0.05, 0.1) is 11.1 Å². The Morgan fingerprint density at radius 2 is 1.59 bits per heavy atom. The van der Waals surface area contributed by atoms with Crippen molar-refractivity contribution >= 4 is 26.7 Å². The lowest BCUT2D eigenvalue weighted by molar-refractivity contribution is -0.0266. The first-order chi connectivity index (χ1) is 16.0. The molecule has 1 aliphatic rings. The minimum Gasteiger partial charge on any atom is -0.264 e. The van der Waals surface area contributed by atoms with Gasteiger partial charge in [0.15, 0.2) is 5.65 Å². The van der Waals surface area contributed by atoms with E-state index in [2.05, 4.69) is 9.97 Å². The molecule has 3 aromatic heterocycles. The predicted molar refractivity (Wildman–Crippen MR) is 130 cm³/mol. The van der Waals surface area contributed by atoms with Crippen LogP contribution < -0.4 is 5.23 Å². The van der Waals surface area contributed by atoms with Crippen LogP contribution in [0.3, 0.4) is 0 Å². The zero-order valence-electron chi connectivity index (χ0n) is 19.7. The number of aryl methyl sites for hydroxylation is 1. The average Bonchev–Trinajstić information content (AvgIpc) is 3.28. The highest BCUT2D eigenvalue weighted by molar-refractivity contribution is 7.90. The molecule has 0 radical (unpaired) electrons. The normalized spacial score (nSPS) is 17.4. The van der Waals surface area contributed by atoms with Crippen LogP contribution in [-0.4, -0.2) is 33.6 Å². The Morgan fingerprint density at radius 1 is 0.912 bits per heavy atom. The first kappa shape index (κ1) is 22.5. The number of hydrogen-bond donors (Lipinski definition) is 0. The molecule has 1 aromatic carbocycles. The second-order valence-corrected chi connectivity index (χ2v) is 11.2. The van der Waals surface area contributed by atoms with E-state index >= 15 is 0 Å². The standard InChI is InChI=1S/C25H26N4O4S/c1-17-8-10-20(11-9-17)34(30,31)28-16-22(29-32-24(2,3)25(4,5)33-29)21-13-19(15-27-23(21)28)18-7-6-12-26-14-18/h6-16H,1-5H3. The maximum absolute atomic E-state index is 13.6. The average molecular weight is 479 g/mol. The molecule has 0 saturated carbocycles. The van der Waals surface area contributed by atoms with Crippen LogP contribution in [0.4, 0.5) is 5.69 Å². The molecule has 34 heavy (non-hydrogen) atoms. The molecule has 0 N–H and O–H groups in total. The molecule has 1 saturated heterocycles. The van der Waals surface area contributed by atoms with E-state index in [4.69, 9.17) is 9.68 Å². The minimum atomic E-state index is -3.92. The summed E-state index contributed by atoms with van der Waals surface area (Å²) in [6.07, 6.45) is 6.57. The highest BCUT2D eigenvalue weighted by Gasteiger charge is 2.50. The zero-order chi connectivity index (χ0) is 24.3. The number of anilines is 1. The number of rotatable bonds is 4.